The molecular weight excluding hydrogens is 522 g/mol. The van der Waals surface area contributed by atoms with Gasteiger partial charge in [-0.15, -0.1) is 0 Å². The van der Waals surface area contributed by atoms with Gasteiger partial charge >= 0.3 is 0 Å². The Morgan fingerprint density at radius 2 is 1.66 bits per heavy atom. The molecular formula is C29H40ClN3O4S. The molecule has 1 aliphatic rings. The van der Waals surface area contributed by atoms with Crippen molar-refractivity contribution in [3.05, 3.63) is 64.7 Å². The van der Waals surface area contributed by atoms with Gasteiger partial charge in [0, 0.05) is 30.6 Å². The van der Waals surface area contributed by atoms with Gasteiger partial charge in [0.15, 0.2) is 0 Å². The Morgan fingerprint density at radius 3 is 2.24 bits per heavy atom. The van der Waals surface area contributed by atoms with E-state index in [1.165, 1.54) is 10.7 Å². The lowest BCUT2D eigenvalue weighted by molar-refractivity contribution is -0.141. The molecule has 2 aromatic carbocycles. The fourth-order valence-electron chi connectivity index (χ4n) is 4.97. The summed E-state index contributed by atoms with van der Waals surface area (Å²) in [7, 11) is -3.55. The molecule has 0 saturated heterocycles. The quantitative estimate of drug-likeness (QED) is 0.373. The van der Waals surface area contributed by atoms with Crippen molar-refractivity contribution in [1.82, 2.24) is 10.2 Å². The number of sulfonamides is 1. The first-order valence-corrected chi connectivity index (χ1v) is 15.7. The van der Waals surface area contributed by atoms with E-state index in [2.05, 4.69) is 5.32 Å². The van der Waals surface area contributed by atoms with Gasteiger partial charge in [-0.2, -0.15) is 0 Å². The molecule has 9 heteroatoms. The van der Waals surface area contributed by atoms with Crippen molar-refractivity contribution in [2.45, 2.75) is 83.8 Å². The van der Waals surface area contributed by atoms with Gasteiger partial charge in [0.2, 0.25) is 21.8 Å². The molecule has 0 spiro atoms. The standard InChI is InChI=1S/C29H40ClN3O4S/c1-4-27(29(35)31-25-9-6-5-7-10-25)32(21-23-14-12-22(2)13-15-23)28(34)11-8-20-33(38(3,36)37)26-18-16-24(30)17-19-26/h12-19,25,27H,4-11,20-21H2,1-3H3,(H,31,35)/t27-/m0/s1. The van der Waals surface area contributed by atoms with Crippen LogP contribution in [-0.4, -0.2) is 50.0 Å². The Bertz CT molecular complexity index is 1160. The fourth-order valence-corrected chi connectivity index (χ4v) is 6.06. The number of nitrogens with zero attached hydrogens (tertiary/aromatic N) is 2. The van der Waals surface area contributed by atoms with Gasteiger partial charge < -0.3 is 10.2 Å². The predicted octanol–water partition coefficient (Wildman–Crippen LogP) is 5.45. The van der Waals surface area contributed by atoms with Crippen molar-refractivity contribution < 1.29 is 18.0 Å². The SMILES string of the molecule is CC[C@@H](C(=O)NC1CCCCC1)N(Cc1ccc(C)cc1)C(=O)CCCN(c1ccc(Cl)cc1)S(C)(=O)=O. The van der Waals surface area contributed by atoms with E-state index in [9.17, 15) is 18.0 Å². The zero-order valence-electron chi connectivity index (χ0n) is 22.7. The smallest absolute Gasteiger partial charge is 0.243 e. The number of hydrogen-bond donors (Lipinski definition) is 1. The van der Waals surface area contributed by atoms with Crippen LogP contribution in [0.2, 0.25) is 5.02 Å². The van der Waals surface area contributed by atoms with E-state index in [4.69, 9.17) is 11.6 Å². The molecule has 0 unspecified atom stereocenters. The van der Waals surface area contributed by atoms with Crippen LogP contribution < -0.4 is 9.62 Å². The van der Waals surface area contributed by atoms with Gasteiger partial charge in [-0.1, -0.05) is 67.6 Å². The van der Waals surface area contributed by atoms with E-state index in [0.717, 1.165) is 43.1 Å². The second-order valence-corrected chi connectivity index (χ2v) is 12.5. The summed E-state index contributed by atoms with van der Waals surface area (Å²) >= 11 is 5.97. The number of hydrogen-bond acceptors (Lipinski definition) is 4. The predicted molar refractivity (Wildman–Crippen MR) is 154 cm³/mol. The molecule has 208 valence electrons. The molecule has 0 aromatic heterocycles. The van der Waals surface area contributed by atoms with Gasteiger partial charge in [-0.3, -0.25) is 13.9 Å². The molecule has 2 aromatic rings. The first-order valence-electron chi connectivity index (χ1n) is 13.5. The summed E-state index contributed by atoms with van der Waals surface area (Å²) in [6.07, 6.45) is 7.45. The lowest BCUT2D eigenvalue weighted by atomic mass is 9.95. The van der Waals surface area contributed by atoms with E-state index >= 15 is 0 Å². The zero-order chi connectivity index (χ0) is 27.7. The van der Waals surface area contributed by atoms with Crippen LogP contribution in [0.1, 0.15) is 69.4 Å². The minimum Gasteiger partial charge on any atom is -0.352 e. The average molecular weight is 562 g/mol. The lowest BCUT2D eigenvalue weighted by Crippen LogP contribution is -2.51. The van der Waals surface area contributed by atoms with Crippen molar-refractivity contribution in [1.29, 1.82) is 0 Å². The summed E-state index contributed by atoms with van der Waals surface area (Å²) in [4.78, 5) is 28.6. The van der Waals surface area contributed by atoms with E-state index in [1.54, 1.807) is 29.2 Å². The third-order valence-electron chi connectivity index (χ3n) is 7.08. The Balaban J connectivity index is 1.74. The van der Waals surface area contributed by atoms with Gasteiger partial charge in [0.1, 0.15) is 6.04 Å². The third kappa shape index (κ3) is 8.73. The molecule has 38 heavy (non-hydrogen) atoms. The van der Waals surface area contributed by atoms with Crippen LogP contribution in [-0.2, 0) is 26.2 Å². The van der Waals surface area contributed by atoms with E-state index in [0.29, 0.717) is 30.1 Å². The normalized spacial score (nSPS) is 15.1. The van der Waals surface area contributed by atoms with Gasteiger partial charge in [0.05, 0.1) is 11.9 Å². The topological polar surface area (TPSA) is 86.8 Å². The number of carbonyl (C=O) groups is 2. The van der Waals surface area contributed by atoms with Gasteiger partial charge in [0.25, 0.3) is 0 Å². The molecule has 1 fully saturated rings. The maximum absolute atomic E-state index is 13.6. The number of carbonyl (C=O) groups excluding carboxylic acids is 2. The Kier molecular flexibility index (Phi) is 11.0. The van der Waals surface area contributed by atoms with Gasteiger partial charge in [-0.25, -0.2) is 8.42 Å². The van der Waals surface area contributed by atoms with E-state index in [-0.39, 0.29) is 30.8 Å². The van der Waals surface area contributed by atoms with Crippen molar-refractivity contribution in [3.63, 3.8) is 0 Å². The Hall–Kier alpha value is -2.58. The van der Waals surface area contributed by atoms with Crippen molar-refractivity contribution >= 4 is 39.1 Å². The largest absolute Gasteiger partial charge is 0.352 e. The number of rotatable bonds is 12. The van der Waals surface area contributed by atoms with Crippen LogP contribution in [0.15, 0.2) is 48.5 Å². The van der Waals surface area contributed by atoms with Crippen molar-refractivity contribution in [2.24, 2.45) is 0 Å². The maximum Gasteiger partial charge on any atom is 0.243 e. The minimum atomic E-state index is -3.55. The first-order chi connectivity index (χ1) is 18.1. The van der Waals surface area contributed by atoms with Crippen LogP contribution in [0.3, 0.4) is 0 Å². The fraction of sp³-hybridized carbons (Fsp3) is 0.517. The molecule has 0 bridgehead atoms. The van der Waals surface area contributed by atoms with Crippen molar-refractivity contribution in [3.8, 4) is 0 Å². The number of aryl methyl sites for hydroxylation is 1. The Labute approximate surface area is 232 Å². The summed E-state index contributed by atoms with van der Waals surface area (Å²) < 4.78 is 26.2. The molecule has 0 aliphatic heterocycles. The minimum absolute atomic E-state index is 0.112. The molecule has 1 saturated carbocycles. The second-order valence-electron chi connectivity index (χ2n) is 10.2. The van der Waals surface area contributed by atoms with Crippen LogP contribution >= 0.6 is 11.6 Å². The van der Waals surface area contributed by atoms with E-state index in [1.807, 2.05) is 38.1 Å². The summed E-state index contributed by atoms with van der Waals surface area (Å²) in [5, 5.41) is 3.70. The highest BCUT2D eigenvalue weighted by molar-refractivity contribution is 7.92. The molecule has 1 atom stereocenters. The third-order valence-corrected chi connectivity index (χ3v) is 8.52. The van der Waals surface area contributed by atoms with E-state index < -0.39 is 16.1 Å². The molecule has 1 aliphatic carbocycles. The summed E-state index contributed by atoms with van der Waals surface area (Å²) in [6.45, 7) is 4.40. The van der Waals surface area contributed by atoms with Crippen LogP contribution in [0, 0.1) is 6.92 Å². The highest BCUT2D eigenvalue weighted by Gasteiger charge is 2.30. The monoisotopic (exact) mass is 561 g/mol. The number of benzene rings is 2. The number of halogens is 1. The average Bonchev–Trinajstić information content (AvgIpc) is 2.88. The number of amides is 2. The first kappa shape index (κ1) is 30.0. The second kappa shape index (κ2) is 14.0. The van der Waals surface area contributed by atoms with Crippen LogP contribution in [0.25, 0.3) is 0 Å². The molecule has 0 radical (unpaired) electrons. The molecule has 0 heterocycles. The summed E-state index contributed by atoms with van der Waals surface area (Å²) in [6, 6.07) is 14.1. The number of anilines is 1. The molecule has 2 amide bonds. The maximum atomic E-state index is 13.6. The van der Waals surface area contributed by atoms with Crippen LogP contribution in [0.5, 0.6) is 0 Å². The zero-order valence-corrected chi connectivity index (χ0v) is 24.2. The molecule has 1 N–H and O–H groups in total. The van der Waals surface area contributed by atoms with Crippen LogP contribution in [0.4, 0.5) is 5.69 Å². The summed E-state index contributed by atoms with van der Waals surface area (Å²) in [5.74, 6) is -0.278. The molecule has 7 nitrogen and oxygen atoms in total. The highest BCUT2D eigenvalue weighted by atomic mass is 35.5. The Morgan fingerprint density at radius 1 is 1.03 bits per heavy atom. The lowest BCUT2D eigenvalue weighted by Gasteiger charge is -2.33. The molecule has 3 rings (SSSR count). The highest BCUT2D eigenvalue weighted by Crippen LogP contribution is 2.22. The summed E-state index contributed by atoms with van der Waals surface area (Å²) in [5.41, 5.74) is 2.57. The number of nitrogens with one attached hydrogen (secondary N) is 1. The van der Waals surface area contributed by atoms with Crippen molar-refractivity contribution in [2.75, 3.05) is 17.1 Å². The van der Waals surface area contributed by atoms with Gasteiger partial charge in [-0.05, 0) is 62.4 Å².